The third-order valence-electron chi connectivity index (χ3n) is 2.71. The summed E-state index contributed by atoms with van der Waals surface area (Å²) in [6.07, 6.45) is 1.14. The van der Waals surface area contributed by atoms with E-state index in [1.165, 1.54) is 5.56 Å². The van der Waals surface area contributed by atoms with E-state index in [1.807, 2.05) is 14.1 Å². The molecule has 0 bridgehead atoms. The fraction of sp³-hybridized carbons (Fsp3) is 0.714. The van der Waals surface area contributed by atoms with Crippen molar-refractivity contribution in [1.29, 1.82) is 0 Å². The van der Waals surface area contributed by atoms with E-state index in [1.54, 1.807) is 0 Å². The Bertz CT molecular complexity index is 335. The van der Waals surface area contributed by atoms with Crippen LogP contribution in [0.3, 0.4) is 0 Å². The predicted molar refractivity (Wildman–Crippen MR) is 73.7 cm³/mol. The van der Waals surface area contributed by atoms with Crippen LogP contribution >= 0.6 is 0 Å². The second kappa shape index (κ2) is 8.29. The maximum absolute atomic E-state index is 5.77. The first-order chi connectivity index (χ1) is 8.63. The minimum atomic E-state index is 0.558. The van der Waals surface area contributed by atoms with Gasteiger partial charge in [-0.15, -0.1) is 0 Å². The molecule has 104 valence electrons. The zero-order chi connectivity index (χ0) is 13.4. The van der Waals surface area contributed by atoms with Crippen LogP contribution in [0, 0.1) is 6.92 Å². The maximum atomic E-state index is 5.77. The highest BCUT2D eigenvalue weighted by Crippen LogP contribution is 2.15. The molecule has 0 radical (unpaired) electrons. The third kappa shape index (κ3) is 5.67. The minimum absolute atomic E-state index is 0.558. The molecule has 0 unspecified atom stereocenters. The lowest BCUT2D eigenvalue weighted by atomic mass is 10.2. The second-order valence-electron chi connectivity index (χ2n) is 4.85. The highest BCUT2D eigenvalue weighted by Gasteiger charge is 2.07. The molecule has 0 fully saturated rings. The summed E-state index contributed by atoms with van der Waals surface area (Å²) in [5.41, 5.74) is 1.20. The van der Waals surface area contributed by atoms with Crippen LogP contribution in [0.5, 0.6) is 0 Å². The highest BCUT2D eigenvalue weighted by molar-refractivity contribution is 5.19. The Morgan fingerprint density at radius 2 is 2.17 bits per heavy atom. The van der Waals surface area contributed by atoms with Crippen LogP contribution in [-0.4, -0.2) is 38.7 Å². The van der Waals surface area contributed by atoms with Crippen molar-refractivity contribution in [1.82, 2.24) is 10.2 Å². The number of nitrogens with zero attached hydrogens (tertiary/aromatic N) is 1. The summed E-state index contributed by atoms with van der Waals surface area (Å²) < 4.78 is 11.3. The number of likely N-dealkylation sites (N-methyl/N-ethyl adjacent to an activating group) is 1. The molecule has 0 spiro atoms. The first-order valence-corrected chi connectivity index (χ1v) is 6.64. The third-order valence-corrected chi connectivity index (χ3v) is 2.71. The largest absolute Gasteiger partial charge is 0.462 e. The zero-order valence-electron chi connectivity index (χ0n) is 12.1. The van der Waals surface area contributed by atoms with E-state index in [-0.39, 0.29) is 0 Å². The zero-order valence-corrected chi connectivity index (χ0v) is 12.1. The Hall–Kier alpha value is -0.840. The van der Waals surface area contributed by atoms with Crippen LogP contribution in [0.2, 0.25) is 0 Å². The summed E-state index contributed by atoms with van der Waals surface area (Å²) in [6, 6.07) is 2.07. The minimum Gasteiger partial charge on any atom is -0.462 e. The van der Waals surface area contributed by atoms with Gasteiger partial charge in [-0.2, -0.15) is 0 Å². The molecular weight excluding hydrogens is 228 g/mol. The number of aryl methyl sites for hydroxylation is 1. The molecule has 1 aromatic rings. The summed E-state index contributed by atoms with van der Waals surface area (Å²) in [4.78, 5) is 2.10. The first-order valence-electron chi connectivity index (χ1n) is 6.64. The molecule has 0 saturated carbocycles. The lowest BCUT2D eigenvalue weighted by Crippen LogP contribution is -2.17. The number of ether oxygens (including phenoxy) is 1. The van der Waals surface area contributed by atoms with Gasteiger partial charge in [0, 0.05) is 6.54 Å². The van der Waals surface area contributed by atoms with Gasteiger partial charge >= 0.3 is 0 Å². The van der Waals surface area contributed by atoms with Gasteiger partial charge in [0.15, 0.2) is 0 Å². The van der Waals surface area contributed by atoms with Crippen molar-refractivity contribution in [2.24, 2.45) is 0 Å². The summed E-state index contributed by atoms with van der Waals surface area (Å²) in [5.74, 6) is 1.94. The highest BCUT2D eigenvalue weighted by atomic mass is 16.5. The van der Waals surface area contributed by atoms with Crippen molar-refractivity contribution >= 4 is 0 Å². The van der Waals surface area contributed by atoms with Crippen molar-refractivity contribution in [3.05, 3.63) is 23.2 Å². The summed E-state index contributed by atoms with van der Waals surface area (Å²) in [6.45, 7) is 8.29. The van der Waals surface area contributed by atoms with Gasteiger partial charge in [0.2, 0.25) is 0 Å². The van der Waals surface area contributed by atoms with Crippen molar-refractivity contribution in [3.63, 3.8) is 0 Å². The van der Waals surface area contributed by atoms with E-state index in [0.717, 1.165) is 44.2 Å². The molecule has 0 aliphatic carbocycles. The van der Waals surface area contributed by atoms with Gasteiger partial charge in [0.05, 0.1) is 13.2 Å². The average Bonchev–Trinajstić information content (AvgIpc) is 2.66. The molecule has 1 N–H and O–H groups in total. The molecule has 1 heterocycles. The number of hydrogen-bond acceptors (Lipinski definition) is 4. The molecule has 1 rings (SSSR count). The van der Waals surface area contributed by atoms with E-state index >= 15 is 0 Å². The number of nitrogens with one attached hydrogen (secondary N) is 1. The molecule has 0 aliphatic heterocycles. The lowest BCUT2D eigenvalue weighted by molar-refractivity contribution is 0.0918. The molecule has 0 saturated heterocycles. The van der Waals surface area contributed by atoms with Gasteiger partial charge in [0.25, 0.3) is 0 Å². The van der Waals surface area contributed by atoms with Gasteiger partial charge in [-0.1, -0.05) is 6.92 Å². The molecule has 0 atom stereocenters. The van der Waals surface area contributed by atoms with E-state index in [9.17, 15) is 0 Å². The topological polar surface area (TPSA) is 37.6 Å². The molecule has 18 heavy (non-hydrogen) atoms. The first kappa shape index (κ1) is 15.2. The Morgan fingerprint density at radius 3 is 2.83 bits per heavy atom. The van der Waals surface area contributed by atoms with Crippen molar-refractivity contribution in [3.8, 4) is 0 Å². The van der Waals surface area contributed by atoms with Gasteiger partial charge in [0.1, 0.15) is 18.1 Å². The standard InChI is InChI=1S/C14H26N2O2/c1-5-6-15-10-14-12(2)9-13(18-14)11-17-8-7-16(3)4/h9,15H,5-8,10-11H2,1-4H3. The fourth-order valence-corrected chi connectivity index (χ4v) is 1.64. The Morgan fingerprint density at radius 1 is 1.39 bits per heavy atom. The van der Waals surface area contributed by atoms with Crippen LogP contribution in [0.15, 0.2) is 10.5 Å². The van der Waals surface area contributed by atoms with Crippen LogP contribution in [0.4, 0.5) is 0 Å². The van der Waals surface area contributed by atoms with E-state index in [4.69, 9.17) is 9.15 Å². The normalized spacial score (nSPS) is 11.4. The van der Waals surface area contributed by atoms with Crippen LogP contribution in [0.1, 0.15) is 30.4 Å². The van der Waals surface area contributed by atoms with E-state index in [2.05, 4.69) is 30.1 Å². The molecule has 0 amide bonds. The quantitative estimate of drug-likeness (QED) is 0.685. The average molecular weight is 254 g/mol. The predicted octanol–water partition coefficient (Wildman–Crippen LogP) is 2.17. The van der Waals surface area contributed by atoms with Gasteiger partial charge in [-0.3, -0.25) is 0 Å². The molecule has 4 heteroatoms. The fourth-order valence-electron chi connectivity index (χ4n) is 1.64. The Kier molecular flexibility index (Phi) is 7.01. The van der Waals surface area contributed by atoms with Crippen molar-refractivity contribution in [2.75, 3.05) is 33.8 Å². The summed E-state index contributed by atoms with van der Waals surface area (Å²) in [7, 11) is 4.08. The number of rotatable bonds is 9. The smallest absolute Gasteiger partial charge is 0.130 e. The van der Waals surface area contributed by atoms with Crippen LogP contribution in [-0.2, 0) is 17.9 Å². The van der Waals surface area contributed by atoms with Crippen LogP contribution < -0.4 is 5.32 Å². The van der Waals surface area contributed by atoms with E-state index in [0.29, 0.717) is 6.61 Å². The SMILES string of the molecule is CCCNCc1oc(COCCN(C)C)cc1C. The Labute approximate surface area is 110 Å². The van der Waals surface area contributed by atoms with Gasteiger partial charge < -0.3 is 19.4 Å². The molecule has 4 nitrogen and oxygen atoms in total. The summed E-state index contributed by atoms with van der Waals surface area (Å²) in [5, 5.41) is 3.35. The lowest BCUT2D eigenvalue weighted by Gasteiger charge is -2.08. The maximum Gasteiger partial charge on any atom is 0.130 e. The second-order valence-corrected chi connectivity index (χ2v) is 4.85. The number of hydrogen-bond donors (Lipinski definition) is 1. The van der Waals surface area contributed by atoms with Gasteiger partial charge in [-0.25, -0.2) is 0 Å². The van der Waals surface area contributed by atoms with Crippen molar-refractivity contribution < 1.29 is 9.15 Å². The van der Waals surface area contributed by atoms with E-state index < -0.39 is 0 Å². The Balaban J connectivity index is 2.31. The molecule has 1 aromatic heterocycles. The number of furan rings is 1. The molecular formula is C14H26N2O2. The molecule has 0 aromatic carbocycles. The molecule has 0 aliphatic rings. The summed E-state index contributed by atoms with van der Waals surface area (Å²) >= 11 is 0. The van der Waals surface area contributed by atoms with Crippen LogP contribution in [0.25, 0.3) is 0 Å². The monoisotopic (exact) mass is 254 g/mol. The van der Waals surface area contributed by atoms with Gasteiger partial charge in [-0.05, 0) is 45.6 Å². The van der Waals surface area contributed by atoms with Crippen molar-refractivity contribution in [2.45, 2.75) is 33.4 Å².